The van der Waals surface area contributed by atoms with Gasteiger partial charge in [-0.15, -0.1) is 0 Å². The topological polar surface area (TPSA) is 49.8 Å². The van der Waals surface area contributed by atoms with Gasteiger partial charge in [0.05, 0.1) is 26.0 Å². The smallest absolute Gasteiger partial charge is 0.192 e. The molecule has 0 bridgehead atoms. The summed E-state index contributed by atoms with van der Waals surface area (Å²) in [7, 11) is 1.66. The van der Waals surface area contributed by atoms with Crippen molar-refractivity contribution in [3.63, 3.8) is 0 Å². The largest absolute Gasteiger partial charge is 0.493 e. The third kappa shape index (κ3) is 4.42. The van der Waals surface area contributed by atoms with E-state index < -0.39 is 5.79 Å². The second-order valence-corrected chi connectivity index (χ2v) is 8.23. The van der Waals surface area contributed by atoms with Crippen LogP contribution in [0.4, 0.5) is 0 Å². The first-order chi connectivity index (χ1) is 16.2. The van der Waals surface area contributed by atoms with Crippen molar-refractivity contribution in [1.29, 1.82) is 0 Å². The molecule has 1 aliphatic heterocycles. The molecule has 0 unspecified atom stereocenters. The van der Waals surface area contributed by atoms with Crippen LogP contribution in [0.3, 0.4) is 0 Å². The van der Waals surface area contributed by atoms with Gasteiger partial charge in [0.15, 0.2) is 17.3 Å². The normalized spacial score (nSPS) is 15.0. The van der Waals surface area contributed by atoms with Crippen LogP contribution < -0.4 is 9.47 Å². The van der Waals surface area contributed by atoms with Crippen molar-refractivity contribution in [1.82, 2.24) is 4.98 Å². The average Bonchev–Trinajstić information content (AvgIpc) is 3.31. The van der Waals surface area contributed by atoms with E-state index in [-0.39, 0.29) is 0 Å². The minimum absolute atomic E-state index is 0.466. The van der Waals surface area contributed by atoms with Crippen molar-refractivity contribution in [3.8, 4) is 11.5 Å². The van der Waals surface area contributed by atoms with Crippen LogP contribution in [0, 0.1) is 0 Å². The quantitative estimate of drug-likeness (QED) is 0.372. The van der Waals surface area contributed by atoms with Crippen LogP contribution in [0.2, 0.25) is 0 Å². The van der Waals surface area contributed by atoms with Gasteiger partial charge in [0.2, 0.25) is 0 Å². The molecular formula is C28H27NO4. The highest BCUT2D eigenvalue weighted by Crippen LogP contribution is 2.37. The van der Waals surface area contributed by atoms with Gasteiger partial charge in [0.1, 0.15) is 6.61 Å². The lowest BCUT2D eigenvalue weighted by atomic mass is 9.95. The monoisotopic (exact) mass is 441 g/mol. The molecule has 0 radical (unpaired) electrons. The minimum atomic E-state index is -0.728. The Labute approximate surface area is 193 Å². The number of methoxy groups -OCH3 is 1. The summed E-state index contributed by atoms with van der Waals surface area (Å²) in [6.07, 6.45) is 2.49. The molecule has 1 fully saturated rings. The zero-order valence-corrected chi connectivity index (χ0v) is 18.9. The Bertz CT molecular complexity index is 1250. The van der Waals surface area contributed by atoms with Crippen molar-refractivity contribution in [2.75, 3.05) is 20.3 Å². The number of benzene rings is 3. The number of hydrogen-bond donors (Lipinski definition) is 0. The van der Waals surface area contributed by atoms with Gasteiger partial charge >= 0.3 is 0 Å². The molecule has 0 amide bonds. The van der Waals surface area contributed by atoms with Gasteiger partial charge in [-0.1, -0.05) is 54.6 Å². The number of pyridine rings is 1. The minimum Gasteiger partial charge on any atom is -0.493 e. The maximum absolute atomic E-state index is 6.16. The van der Waals surface area contributed by atoms with Crippen LogP contribution in [0.25, 0.3) is 10.8 Å². The van der Waals surface area contributed by atoms with Crippen molar-refractivity contribution >= 4 is 10.8 Å². The lowest BCUT2D eigenvalue weighted by Gasteiger charge is -2.25. The molecular weight excluding hydrogens is 414 g/mol. The van der Waals surface area contributed by atoms with E-state index in [1.165, 1.54) is 0 Å². The highest BCUT2D eigenvalue weighted by molar-refractivity contribution is 5.88. The van der Waals surface area contributed by atoms with Gasteiger partial charge < -0.3 is 18.9 Å². The van der Waals surface area contributed by atoms with Gasteiger partial charge in [0, 0.05) is 23.6 Å². The highest BCUT2D eigenvalue weighted by atomic mass is 16.7. The number of aromatic nitrogens is 1. The first-order valence-electron chi connectivity index (χ1n) is 11.1. The summed E-state index contributed by atoms with van der Waals surface area (Å²) in [6.45, 7) is 3.64. The molecule has 0 saturated carbocycles. The van der Waals surface area contributed by atoms with E-state index in [2.05, 4.69) is 12.1 Å². The van der Waals surface area contributed by atoms with Crippen LogP contribution in [-0.4, -0.2) is 25.3 Å². The number of nitrogens with zero attached hydrogens (tertiary/aromatic N) is 1. The SMILES string of the molecule is COc1cc2ccnc(Cc3ccccc3C3(C)OCCO3)c2cc1OCc1ccccc1. The Kier molecular flexibility index (Phi) is 5.99. The second kappa shape index (κ2) is 9.22. The number of ether oxygens (including phenoxy) is 4. The lowest BCUT2D eigenvalue weighted by molar-refractivity contribution is -0.150. The molecule has 1 aromatic heterocycles. The van der Waals surface area contributed by atoms with Gasteiger partial charge in [0.25, 0.3) is 0 Å². The molecule has 4 aromatic rings. The first kappa shape index (κ1) is 21.4. The van der Waals surface area contributed by atoms with Gasteiger partial charge in [-0.05, 0) is 41.6 Å². The Morgan fingerprint density at radius 3 is 2.45 bits per heavy atom. The van der Waals surface area contributed by atoms with Crippen LogP contribution in [0.15, 0.2) is 79.0 Å². The number of rotatable bonds is 7. The molecule has 2 heterocycles. The van der Waals surface area contributed by atoms with E-state index in [0.29, 0.717) is 37.7 Å². The van der Waals surface area contributed by atoms with Crippen molar-refractivity contribution < 1.29 is 18.9 Å². The Morgan fingerprint density at radius 1 is 0.909 bits per heavy atom. The van der Waals surface area contributed by atoms with E-state index in [4.69, 9.17) is 23.9 Å². The molecule has 1 aliphatic rings. The fourth-order valence-corrected chi connectivity index (χ4v) is 4.36. The average molecular weight is 442 g/mol. The van der Waals surface area contributed by atoms with Gasteiger partial charge in [-0.3, -0.25) is 4.98 Å². The third-order valence-electron chi connectivity index (χ3n) is 6.07. The molecule has 0 aliphatic carbocycles. The maximum Gasteiger partial charge on any atom is 0.192 e. The second-order valence-electron chi connectivity index (χ2n) is 8.23. The predicted octanol–water partition coefficient (Wildman–Crippen LogP) is 5.63. The lowest BCUT2D eigenvalue weighted by Crippen LogP contribution is -2.24. The maximum atomic E-state index is 6.16. The van der Waals surface area contributed by atoms with Crippen LogP contribution in [0.1, 0.15) is 29.3 Å². The van der Waals surface area contributed by atoms with Gasteiger partial charge in [-0.2, -0.15) is 0 Å². The third-order valence-corrected chi connectivity index (χ3v) is 6.07. The molecule has 5 rings (SSSR count). The fraction of sp³-hybridized carbons (Fsp3) is 0.250. The van der Waals surface area contributed by atoms with E-state index in [1.54, 1.807) is 7.11 Å². The molecule has 168 valence electrons. The standard InChI is InChI=1S/C28H27NO4/c1-28(32-14-15-33-28)24-11-7-6-10-22(24)16-25-23-18-27(31-19-20-8-4-3-5-9-20)26(30-2)17-21(23)12-13-29-25/h3-13,17-18H,14-16,19H2,1-2H3. The molecule has 5 heteroatoms. The first-order valence-corrected chi connectivity index (χ1v) is 11.1. The van der Waals surface area contributed by atoms with Crippen molar-refractivity contribution in [3.05, 3.63) is 101 Å². The molecule has 5 nitrogen and oxygen atoms in total. The molecule has 0 spiro atoms. The molecule has 33 heavy (non-hydrogen) atoms. The number of fused-ring (bicyclic) bond motifs is 1. The van der Waals surface area contributed by atoms with Gasteiger partial charge in [-0.25, -0.2) is 0 Å². The molecule has 0 N–H and O–H groups in total. The Hall–Kier alpha value is -3.41. The van der Waals surface area contributed by atoms with E-state index in [1.807, 2.05) is 73.8 Å². The predicted molar refractivity (Wildman–Crippen MR) is 128 cm³/mol. The summed E-state index contributed by atoms with van der Waals surface area (Å²) in [6, 6.07) is 24.4. The van der Waals surface area contributed by atoms with Crippen LogP contribution >= 0.6 is 0 Å². The van der Waals surface area contributed by atoms with E-state index >= 15 is 0 Å². The highest BCUT2D eigenvalue weighted by Gasteiger charge is 2.35. The zero-order chi connectivity index (χ0) is 22.7. The molecule has 0 atom stereocenters. The summed E-state index contributed by atoms with van der Waals surface area (Å²) in [5, 5.41) is 2.09. The Morgan fingerprint density at radius 2 is 1.67 bits per heavy atom. The van der Waals surface area contributed by atoms with Crippen molar-refractivity contribution in [2.45, 2.75) is 25.7 Å². The summed E-state index contributed by atoms with van der Waals surface area (Å²) in [4.78, 5) is 4.73. The summed E-state index contributed by atoms with van der Waals surface area (Å²) >= 11 is 0. The van der Waals surface area contributed by atoms with Crippen molar-refractivity contribution in [2.24, 2.45) is 0 Å². The van der Waals surface area contributed by atoms with Crippen LogP contribution in [0.5, 0.6) is 11.5 Å². The molecule has 1 saturated heterocycles. The fourth-order valence-electron chi connectivity index (χ4n) is 4.36. The van der Waals surface area contributed by atoms with E-state index in [9.17, 15) is 0 Å². The van der Waals surface area contributed by atoms with E-state index in [0.717, 1.165) is 33.2 Å². The molecule has 3 aromatic carbocycles. The zero-order valence-electron chi connectivity index (χ0n) is 18.9. The summed E-state index contributed by atoms with van der Waals surface area (Å²) < 4.78 is 23.7. The Balaban J connectivity index is 1.51. The van der Waals surface area contributed by atoms with Crippen LogP contribution in [-0.2, 0) is 28.3 Å². The number of hydrogen-bond acceptors (Lipinski definition) is 5. The summed E-state index contributed by atoms with van der Waals surface area (Å²) in [5.74, 6) is 0.677. The summed E-state index contributed by atoms with van der Waals surface area (Å²) in [5.41, 5.74) is 4.23.